The summed E-state index contributed by atoms with van der Waals surface area (Å²) in [6, 6.07) is 0. The second-order valence-corrected chi connectivity index (χ2v) is 6.17. The summed E-state index contributed by atoms with van der Waals surface area (Å²) in [5, 5.41) is 7.79. The Morgan fingerprint density at radius 3 is 2.75 bits per heavy atom. The first kappa shape index (κ1) is 23.5. The molecule has 1 heterocycles. The molecule has 2 N–H and O–H groups in total. The fourth-order valence-electron chi connectivity index (χ4n) is 1.86. The molecule has 0 bridgehead atoms. The van der Waals surface area contributed by atoms with Gasteiger partial charge in [0.15, 0.2) is 5.96 Å². The van der Waals surface area contributed by atoms with Crippen LogP contribution in [0.3, 0.4) is 0 Å². The highest BCUT2D eigenvalue weighted by Gasteiger charge is 2.02. The summed E-state index contributed by atoms with van der Waals surface area (Å²) in [7, 11) is 1.68. The lowest BCUT2D eigenvalue weighted by Gasteiger charge is -2.10. The fraction of sp³-hybridized carbons (Fsp3) is 0.750. The number of rotatable bonds is 12. The van der Waals surface area contributed by atoms with Crippen LogP contribution in [0, 0.1) is 0 Å². The van der Waals surface area contributed by atoms with Crippen molar-refractivity contribution >= 4 is 41.3 Å². The zero-order chi connectivity index (χ0) is 16.8. The van der Waals surface area contributed by atoms with Gasteiger partial charge in [0.2, 0.25) is 0 Å². The van der Waals surface area contributed by atoms with Crippen LogP contribution in [-0.2, 0) is 22.3 Å². The van der Waals surface area contributed by atoms with Crippen LogP contribution in [-0.4, -0.2) is 57.5 Å². The minimum absolute atomic E-state index is 0. The van der Waals surface area contributed by atoms with E-state index in [9.17, 15) is 0 Å². The largest absolute Gasteiger partial charge is 0.382 e. The topological polar surface area (TPSA) is 67.8 Å². The third-order valence-corrected chi connectivity index (χ3v) is 4.28. The number of aromatic nitrogens is 1. The highest BCUT2D eigenvalue weighted by molar-refractivity contribution is 14.0. The molecule has 0 saturated heterocycles. The average molecular weight is 470 g/mol. The molecule has 8 heteroatoms. The first-order chi connectivity index (χ1) is 11.3. The number of hydrogen-bond donors (Lipinski definition) is 2. The van der Waals surface area contributed by atoms with Gasteiger partial charge in [-0.2, -0.15) is 0 Å². The molecule has 0 aliphatic carbocycles. The second kappa shape index (κ2) is 16.0. The van der Waals surface area contributed by atoms with E-state index in [1.165, 1.54) is 9.88 Å². The summed E-state index contributed by atoms with van der Waals surface area (Å²) in [5.41, 5.74) is 0. The Morgan fingerprint density at radius 2 is 2.08 bits per heavy atom. The summed E-state index contributed by atoms with van der Waals surface area (Å²) in [6.07, 6.45) is 4.87. The molecule has 1 rings (SSSR count). The third kappa shape index (κ3) is 11.2. The summed E-state index contributed by atoms with van der Waals surface area (Å²) < 4.78 is 10.4. The van der Waals surface area contributed by atoms with E-state index in [0.29, 0.717) is 19.8 Å². The Labute approximate surface area is 166 Å². The molecule has 24 heavy (non-hydrogen) atoms. The zero-order valence-corrected chi connectivity index (χ0v) is 18.1. The SMILES string of the molecule is CCNC(=NCCCOCCOC)NCCc1ncc(CC)s1.I. The second-order valence-electron chi connectivity index (χ2n) is 4.97. The Bertz CT molecular complexity index is 443. The maximum atomic E-state index is 5.43. The van der Waals surface area contributed by atoms with Crippen molar-refractivity contribution < 1.29 is 9.47 Å². The van der Waals surface area contributed by atoms with E-state index in [1.54, 1.807) is 18.4 Å². The van der Waals surface area contributed by atoms with Gasteiger partial charge in [0.05, 0.1) is 18.2 Å². The molecule has 140 valence electrons. The van der Waals surface area contributed by atoms with E-state index in [0.717, 1.165) is 44.9 Å². The van der Waals surface area contributed by atoms with Crippen LogP contribution in [0.15, 0.2) is 11.2 Å². The predicted molar refractivity (Wildman–Crippen MR) is 112 cm³/mol. The van der Waals surface area contributed by atoms with E-state index >= 15 is 0 Å². The van der Waals surface area contributed by atoms with Crippen molar-refractivity contribution in [1.82, 2.24) is 15.6 Å². The Kier molecular flexibility index (Phi) is 15.7. The molecule has 0 amide bonds. The summed E-state index contributed by atoms with van der Waals surface area (Å²) >= 11 is 1.79. The fourth-order valence-corrected chi connectivity index (χ4v) is 2.72. The van der Waals surface area contributed by atoms with Gasteiger partial charge in [-0.25, -0.2) is 4.98 Å². The number of ether oxygens (including phenoxy) is 2. The molecule has 1 aromatic rings. The van der Waals surface area contributed by atoms with Gasteiger partial charge < -0.3 is 20.1 Å². The zero-order valence-electron chi connectivity index (χ0n) is 15.0. The van der Waals surface area contributed by atoms with Crippen molar-refractivity contribution in [2.24, 2.45) is 4.99 Å². The predicted octanol–water partition coefficient (Wildman–Crippen LogP) is 2.47. The smallest absolute Gasteiger partial charge is 0.191 e. The van der Waals surface area contributed by atoms with Gasteiger partial charge in [-0.3, -0.25) is 4.99 Å². The van der Waals surface area contributed by atoms with Crippen LogP contribution in [0.25, 0.3) is 0 Å². The average Bonchev–Trinajstić information content (AvgIpc) is 3.02. The van der Waals surface area contributed by atoms with Crippen molar-refractivity contribution in [3.8, 4) is 0 Å². The van der Waals surface area contributed by atoms with Crippen LogP contribution in [0.5, 0.6) is 0 Å². The summed E-state index contributed by atoms with van der Waals surface area (Å²) in [4.78, 5) is 10.3. The minimum atomic E-state index is 0. The molecule has 0 atom stereocenters. The molecule has 0 saturated carbocycles. The van der Waals surface area contributed by atoms with Crippen LogP contribution in [0.4, 0.5) is 0 Å². The maximum Gasteiger partial charge on any atom is 0.191 e. The lowest BCUT2D eigenvalue weighted by atomic mass is 10.4. The van der Waals surface area contributed by atoms with E-state index in [2.05, 4.69) is 34.5 Å². The molecule has 0 spiro atoms. The van der Waals surface area contributed by atoms with Crippen LogP contribution >= 0.6 is 35.3 Å². The Morgan fingerprint density at radius 1 is 1.25 bits per heavy atom. The van der Waals surface area contributed by atoms with E-state index < -0.39 is 0 Å². The summed E-state index contributed by atoms with van der Waals surface area (Å²) in [6.45, 7) is 8.67. The molecular formula is C16H31IN4O2S. The lowest BCUT2D eigenvalue weighted by molar-refractivity contribution is 0.0702. The number of aliphatic imine (C=N–C) groups is 1. The number of halogens is 1. The highest BCUT2D eigenvalue weighted by Crippen LogP contribution is 2.13. The van der Waals surface area contributed by atoms with E-state index in [-0.39, 0.29) is 24.0 Å². The number of nitrogens with zero attached hydrogens (tertiary/aromatic N) is 2. The molecule has 0 unspecified atom stereocenters. The number of thiazole rings is 1. The number of guanidine groups is 1. The molecule has 0 aliphatic rings. The molecular weight excluding hydrogens is 439 g/mol. The molecule has 0 aliphatic heterocycles. The van der Waals surface area contributed by atoms with Gasteiger partial charge in [0.25, 0.3) is 0 Å². The quantitative estimate of drug-likeness (QED) is 0.213. The van der Waals surface area contributed by atoms with Crippen molar-refractivity contribution in [1.29, 1.82) is 0 Å². The molecule has 0 fully saturated rings. The van der Waals surface area contributed by atoms with Crippen molar-refractivity contribution in [2.75, 3.05) is 46.6 Å². The number of methoxy groups -OCH3 is 1. The van der Waals surface area contributed by atoms with E-state index in [4.69, 9.17) is 9.47 Å². The van der Waals surface area contributed by atoms with Crippen molar-refractivity contribution in [3.63, 3.8) is 0 Å². The monoisotopic (exact) mass is 470 g/mol. The van der Waals surface area contributed by atoms with Gasteiger partial charge in [-0.1, -0.05) is 6.92 Å². The maximum absolute atomic E-state index is 5.43. The first-order valence-corrected chi connectivity index (χ1v) is 9.14. The molecule has 1 aromatic heterocycles. The number of aryl methyl sites for hydroxylation is 1. The van der Waals surface area contributed by atoms with Crippen LogP contribution < -0.4 is 10.6 Å². The summed E-state index contributed by atoms with van der Waals surface area (Å²) in [5.74, 6) is 0.858. The van der Waals surface area contributed by atoms with Gasteiger partial charge in [0.1, 0.15) is 0 Å². The van der Waals surface area contributed by atoms with Crippen molar-refractivity contribution in [2.45, 2.75) is 33.1 Å². The van der Waals surface area contributed by atoms with Gasteiger partial charge in [0, 0.05) is 50.8 Å². The number of hydrogen-bond acceptors (Lipinski definition) is 5. The van der Waals surface area contributed by atoms with Gasteiger partial charge in [-0.15, -0.1) is 35.3 Å². The van der Waals surface area contributed by atoms with Crippen LogP contribution in [0.1, 0.15) is 30.2 Å². The standard InChI is InChI=1S/C16H30N4O2S.HI/c1-4-14-13-20-15(23-14)7-9-19-16(17-5-2)18-8-6-10-22-12-11-21-3;/h13H,4-12H2,1-3H3,(H2,17,18,19);1H. The molecule has 6 nitrogen and oxygen atoms in total. The minimum Gasteiger partial charge on any atom is -0.382 e. The lowest BCUT2D eigenvalue weighted by Crippen LogP contribution is -2.38. The third-order valence-electron chi connectivity index (χ3n) is 3.07. The van der Waals surface area contributed by atoms with Crippen LogP contribution in [0.2, 0.25) is 0 Å². The van der Waals surface area contributed by atoms with E-state index in [1.807, 2.05) is 6.20 Å². The number of nitrogens with one attached hydrogen (secondary N) is 2. The van der Waals surface area contributed by atoms with Crippen molar-refractivity contribution in [3.05, 3.63) is 16.1 Å². The Balaban J connectivity index is 0.00000529. The van der Waals surface area contributed by atoms with Gasteiger partial charge >= 0.3 is 0 Å². The first-order valence-electron chi connectivity index (χ1n) is 8.32. The molecule has 0 aromatic carbocycles. The Hall–Kier alpha value is -0.450. The normalized spacial score (nSPS) is 11.2. The molecule has 0 radical (unpaired) electrons. The van der Waals surface area contributed by atoms with Gasteiger partial charge in [-0.05, 0) is 19.8 Å². The highest BCUT2D eigenvalue weighted by atomic mass is 127.